The molecule has 0 aromatic carbocycles. The van der Waals surface area contributed by atoms with Gasteiger partial charge in [-0.2, -0.15) is 15.1 Å². The lowest BCUT2D eigenvalue weighted by atomic mass is 10.1. The number of nitrogens with one attached hydrogen (secondary N) is 2. The highest BCUT2D eigenvalue weighted by molar-refractivity contribution is 5.83. The molecule has 1 aliphatic heterocycles. The molecule has 4 N–H and O–H groups in total. The van der Waals surface area contributed by atoms with E-state index >= 15 is 0 Å². The molecule has 11 heteroatoms. The third-order valence-electron chi connectivity index (χ3n) is 6.39. The molecule has 34 heavy (non-hydrogen) atoms. The van der Waals surface area contributed by atoms with Crippen LogP contribution in [-0.2, 0) is 6.54 Å². The fourth-order valence-corrected chi connectivity index (χ4v) is 4.21. The van der Waals surface area contributed by atoms with Crippen LogP contribution in [0.1, 0.15) is 30.2 Å². The van der Waals surface area contributed by atoms with Crippen molar-refractivity contribution in [2.24, 2.45) is 0 Å². The van der Waals surface area contributed by atoms with Gasteiger partial charge in [0.25, 0.3) is 0 Å². The van der Waals surface area contributed by atoms with Crippen molar-refractivity contribution in [2.75, 3.05) is 49.2 Å². The number of H-pyrrole nitrogens is 1. The zero-order valence-corrected chi connectivity index (χ0v) is 19.0. The quantitative estimate of drug-likeness (QED) is 0.376. The van der Waals surface area contributed by atoms with E-state index in [2.05, 4.69) is 48.6 Å². The second-order valence-electron chi connectivity index (χ2n) is 8.95. The maximum Gasteiger partial charge on any atom is 0.227 e. The maximum absolute atomic E-state index is 6.50. The summed E-state index contributed by atoms with van der Waals surface area (Å²) in [6, 6.07) is 5.79. The van der Waals surface area contributed by atoms with E-state index in [9.17, 15) is 0 Å². The summed E-state index contributed by atoms with van der Waals surface area (Å²) in [6.45, 7) is 3.99. The molecule has 1 saturated heterocycles. The van der Waals surface area contributed by atoms with Crippen LogP contribution in [0.2, 0.25) is 0 Å². The number of hydrogen-bond donors (Lipinski definition) is 3. The average molecular weight is 462 g/mol. The van der Waals surface area contributed by atoms with Gasteiger partial charge in [0.2, 0.25) is 5.95 Å². The van der Waals surface area contributed by atoms with Crippen LogP contribution >= 0.6 is 0 Å². The fraction of sp³-hybridized carbons (Fsp3) is 0.391. The first-order valence-corrected chi connectivity index (χ1v) is 11.5. The van der Waals surface area contributed by atoms with Crippen LogP contribution in [0.15, 0.2) is 39.7 Å². The molecule has 4 aromatic heterocycles. The Hall–Kier alpha value is -3.86. The van der Waals surface area contributed by atoms with E-state index in [1.165, 1.54) is 12.8 Å². The molecule has 0 amide bonds. The van der Waals surface area contributed by atoms with Gasteiger partial charge in [-0.25, -0.2) is 0 Å². The molecule has 2 aliphatic rings. The summed E-state index contributed by atoms with van der Waals surface area (Å²) in [4.78, 5) is 14.0. The Labute approximate surface area is 196 Å². The predicted octanol–water partition coefficient (Wildman–Crippen LogP) is 2.94. The highest BCUT2D eigenvalue weighted by Gasteiger charge is 2.28. The van der Waals surface area contributed by atoms with E-state index < -0.39 is 0 Å². The molecule has 0 bridgehead atoms. The van der Waals surface area contributed by atoms with Gasteiger partial charge < -0.3 is 29.8 Å². The average Bonchev–Trinajstić information content (AvgIpc) is 3.24. The smallest absolute Gasteiger partial charge is 0.227 e. The van der Waals surface area contributed by atoms with Crippen molar-refractivity contribution >= 4 is 17.6 Å². The number of likely N-dealkylation sites (N-methyl/N-ethyl adjacent to an activating group) is 1. The second-order valence-corrected chi connectivity index (χ2v) is 8.95. The summed E-state index contributed by atoms with van der Waals surface area (Å²) in [5.41, 5.74) is 10.8. The van der Waals surface area contributed by atoms with Crippen molar-refractivity contribution in [1.82, 2.24) is 30.2 Å². The van der Waals surface area contributed by atoms with Gasteiger partial charge in [-0.15, -0.1) is 0 Å². The third kappa shape index (κ3) is 4.10. The van der Waals surface area contributed by atoms with Crippen molar-refractivity contribution in [1.29, 1.82) is 0 Å². The highest BCUT2D eigenvalue weighted by atomic mass is 16.5. The zero-order chi connectivity index (χ0) is 23.1. The summed E-state index contributed by atoms with van der Waals surface area (Å²) in [7, 11) is 2.13. The van der Waals surface area contributed by atoms with Gasteiger partial charge in [0.15, 0.2) is 5.76 Å². The van der Waals surface area contributed by atoms with Crippen LogP contribution < -0.4 is 16.0 Å². The van der Waals surface area contributed by atoms with Gasteiger partial charge in [0, 0.05) is 49.4 Å². The van der Waals surface area contributed by atoms with E-state index in [0.717, 1.165) is 54.5 Å². The number of nitrogen functional groups attached to an aromatic ring is 1. The Balaban J connectivity index is 1.28. The van der Waals surface area contributed by atoms with Gasteiger partial charge in [-0.1, -0.05) is 5.16 Å². The number of nitrogens with zero attached hydrogens (tertiary/aromatic N) is 6. The van der Waals surface area contributed by atoms with Crippen molar-refractivity contribution in [3.63, 3.8) is 0 Å². The lowest BCUT2D eigenvalue weighted by Crippen LogP contribution is -2.45. The fourth-order valence-electron chi connectivity index (χ4n) is 4.21. The molecule has 4 aromatic rings. The molecule has 0 unspecified atom stereocenters. The van der Waals surface area contributed by atoms with E-state index in [1.807, 2.05) is 12.1 Å². The zero-order valence-electron chi connectivity index (χ0n) is 19.0. The second kappa shape index (κ2) is 8.49. The summed E-state index contributed by atoms with van der Waals surface area (Å²) < 4.78 is 10.6. The van der Waals surface area contributed by atoms with Gasteiger partial charge in [0.1, 0.15) is 17.3 Å². The van der Waals surface area contributed by atoms with Crippen LogP contribution in [0.4, 0.5) is 17.6 Å². The Kier molecular flexibility index (Phi) is 5.17. The Morgan fingerprint density at radius 3 is 2.76 bits per heavy atom. The minimum Gasteiger partial charge on any atom is -0.472 e. The molecular formula is C23H27N9O2. The predicted molar refractivity (Wildman–Crippen MR) is 127 cm³/mol. The first-order chi connectivity index (χ1) is 16.6. The first-order valence-electron chi connectivity index (χ1n) is 11.5. The van der Waals surface area contributed by atoms with Gasteiger partial charge in [0.05, 0.1) is 30.3 Å². The molecule has 0 radical (unpaired) electrons. The summed E-state index contributed by atoms with van der Waals surface area (Å²) >= 11 is 0. The molecule has 2 fully saturated rings. The minimum absolute atomic E-state index is 0.375. The lowest BCUT2D eigenvalue weighted by Gasteiger charge is -2.34. The van der Waals surface area contributed by atoms with Crippen molar-refractivity contribution in [2.45, 2.75) is 25.3 Å². The molecule has 1 saturated carbocycles. The number of anilines is 3. The molecule has 176 valence electrons. The molecule has 5 heterocycles. The minimum atomic E-state index is 0.375. The van der Waals surface area contributed by atoms with E-state index in [4.69, 9.17) is 19.7 Å². The Morgan fingerprint density at radius 2 is 2.00 bits per heavy atom. The topological polar surface area (TPSA) is 138 Å². The number of aromatic nitrogens is 5. The number of furan rings is 1. The lowest BCUT2D eigenvalue weighted by molar-refractivity contribution is 0.312. The van der Waals surface area contributed by atoms with Crippen molar-refractivity contribution in [3.8, 4) is 22.5 Å². The van der Waals surface area contributed by atoms with Crippen LogP contribution in [0, 0.1) is 0 Å². The van der Waals surface area contributed by atoms with Crippen LogP contribution in [0.3, 0.4) is 0 Å². The van der Waals surface area contributed by atoms with Gasteiger partial charge in [-0.05, 0) is 32.0 Å². The molecule has 6 rings (SSSR count). The van der Waals surface area contributed by atoms with E-state index in [0.29, 0.717) is 35.7 Å². The standard InChI is InChI=1S/C23H27N9O2/c1-31-5-7-32(8-6-31)22-20(19-11-17(28-29-19)14-2-3-14)21(24)26-23(27-22)25-12-16-10-18(30-34-16)15-4-9-33-13-15/h4,9-11,13-14H,2-3,5-8,12H2,1H3,(H,28,29)(H3,24,25,26,27). The van der Waals surface area contributed by atoms with Crippen molar-refractivity contribution in [3.05, 3.63) is 42.2 Å². The molecular weight excluding hydrogens is 434 g/mol. The van der Waals surface area contributed by atoms with Crippen LogP contribution in [-0.4, -0.2) is 63.4 Å². The number of nitrogens with two attached hydrogens (primary N) is 1. The number of piperazine rings is 1. The van der Waals surface area contributed by atoms with Crippen LogP contribution in [0.5, 0.6) is 0 Å². The molecule has 11 nitrogen and oxygen atoms in total. The molecule has 1 aliphatic carbocycles. The summed E-state index contributed by atoms with van der Waals surface area (Å²) in [6.07, 6.45) is 5.63. The van der Waals surface area contributed by atoms with Gasteiger partial charge >= 0.3 is 0 Å². The highest BCUT2D eigenvalue weighted by Crippen LogP contribution is 2.41. The summed E-state index contributed by atoms with van der Waals surface area (Å²) in [5.74, 6) is 2.87. The van der Waals surface area contributed by atoms with Crippen LogP contribution in [0.25, 0.3) is 22.5 Å². The first kappa shape index (κ1) is 20.7. The SMILES string of the molecule is CN1CCN(c2nc(NCc3cc(-c4ccoc4)no3)nc(N)c2-c2cc(C3CC3)[nH]n2)CC1. The van der Waals surface area contributed by atoms with E-state index in [1.54, 1.807) is 12.5 Å². The number of aromatic amines is 1. The molecule has 0 spiro atoms. The van der Waals surface area contributed by atoms with Crippen molar-refractivity contribution < 1.29 is 8.94 Å². The summed E-state index contributed by atoms with van der Waals surface area (Å²) in [5, 5.41) is 15.1. The third-order valence-corrected chi connectivity index (χ3v) is 6.39. The Morgan fingerprint density at radius 1 is 1.15 bits per heavy atom. The normalized spacial score (nSPS) is 16.8. The number of rotatable bonds is 7. The maximum atomic E-state index is 6.50. The Bertz CT molecular complexity index is 1270. The van der Waals surface area contributed by atoms with E-state index in [-0.39, 0.29) is 0 Å². The largest absolute Gasteiger partial charge is 0.472 e. The number of hydrogen-bond acceptors (Lipinski definition) is 10. The molecule has 0 atom stereocenters. The monoisotopic (exact) mass is 461 g/mol. The van der Waals surface area contributed by atoms with Gasteiger partial charge in [-0.3, -0.25) is 5.10 Å².